The fraction of sp³-hybridized carbons (Fsp3) is 0.300. The molecule has 8 heteroatoms. The fourth-order valence-electron chi connectivity index (χ4n) is 3.28. The Morgan fingerprint density at radius 2 is 1.86 bits per heavy atom. The molecule has 28 heavy (non-hydrogen) atoms. The van der Waals surface area contributed by atoms with E-state index in [4.69, 9.17) is 4.74 Å². The monoisotopic (exact) mass is 382 g/mol. The maximum atomic E-state index is 12.4. The molecule has 0 unspecified atom stereocenters. The van der Waals surface area contributed by atoms with Gasteiger partial charge in [-0.1, -0.05) is 30.3 Å². The van der Waals surface area contributed by atoms with Crippen molar-refractivity contribution in [3.8, 4) is 11.3 Å². The van der Waals surface area contributed by atoms with Gasteiger partial charge in [0.2, 0.25) is 0 Å². The number of nitrogens with zero attached hydrogens (tertiary/aromatic N) is 4. The molecule has 0 amide bonds. The summed E-state index contributed by atoms with van der Waals surface area (Å²) >= 11 is 0. The molecular weight excluding hydrogens is 360 g/mol. The molecule has 8 nitrogen and oxygen atoms in total. The molecule has 3 rings (SSSR count). The molecule has 146 valence electrons. The highest BCUT2D eigenvalue weighted by Gasteiger charge is 2.22. The highest BCUT2D eigenvalue weighted by molar-refractivity contribution is 5.92. The lowest BCUT2D eigenvalue weighted by Crippen LogP contribution is -2.13. The Bertz CT molecular complexity index is 1000. The van der Waals surface area contributed by atoms with Crippen LogP contribution < -0.4 is 0 Å². The summed E-state index contributed by atoms with van der Waals surface area (Å²) in [6.45, 7) is 6.46. The van der Waals surface area contributed by atoms with Crippen LogP contribution in [0.5, 0.6) is 0 Å². The summed E-state index contributed by atoms with van der Waals surface area (Å²) in [7, 11) is 0. The minimum absolute atomic E-state index is 0.0470. The Morgan fingerprint density at radius 1 is 1.18 bits per heavy atom. The third-order valence-electron chi connectivity index (χ3n) is 4.70. The molecule has 0 N–H and O–H groups in total. The van der Waals surface area contributed by atoms with E-state index in [1.807, 2.05) is 47.9 Å². The van der Waals surface area contributed by atoms with Crippen molar-refractivity contribution < 1.29 is 14.5 Å². The van der Waals surface area contributed by atoms with Gasteiger partial charge in [-0.15, -0.1) is 0 Å². The summed E-state index contributed by atoms with van der Waals surface area (Å²) in [5, 5.41) is 11.2. The van der Waals surface area contributed by atoms with E-state index in [2.05, 4.69) is 4.98 Å². The molecule has 0 radical (unpaired) electrons. The molecule has 0 aliphatic rings. The van der Waals surface area contributed by atoms with Crippen LogP contribution in [0.1, 0.15) is 28.8 Å². The Morgan fingerprint density at radius 3 is 2.50 bits per heavy atom. The Hall–Kier alpha value is -3.42. The number of esters is 1. The first-order chi connectivity index (χ1) is 13.4. The van der Waals surface area contributed by atoms with Crippen LogP contribution in [0.3, 0.4) is 0 Å². The lowest BCUT2D eigenvalue weighted by molar-refractivity contribution is -0.392. The molecular formula is C20H22N4O4. The first kappa shape index (κ1) is 19.3. The number of benzene rings is 1. The van der Waals surface area contributed by atoms with E-state index in [0.717, 1.165) is 17.0 Å². The van der Waals surface area contributed by atoms with Crippen molar-refractivity contribution >= 4 is 11.8 Å². The highest BCUT2D eigenvalue weighted by atomic mass is 16.6. The second-order valence-corrected chi connectivity index (χ2v) is 6.34. The molecule has 2 aromatic heterocycles. The summed E-state index contributed by atoms with van der Waals surface area (Å²) in [6, 6.07) is 11.5. The molecule has 0 aliphatic carbocycles. The van der Waals surface area contributed by atoms with Crippen LogP contribution in [0, 0.1) is 24.0 Å². The van der Waals surface area contributed by atoms with Gasteiger partial charge in [0.1, 0.15) is 12.7 Å². The zero-order valence-corrected chi connectivity index (χ0v) is 16.1. The summed E-state index contributed by atoms with van der Waals surface area (Å²) < 4.78 is 8.73. The summed E-state index contributed by atoms with van der Waals surface area (Å²) in [5.41, 5.74) is 3.08. The van der Waals surface area contributed by atoms with Gasteiger partial charge in [0.05, 0.1) is 18.7 Å². The van der Waals surface area contributed by atoms with Gasteiger partial charge in [0.15, 0.2) is 5.82 Å². The largest absolute Gasteiger partial charge is 0.462 e. The lowest BCUT2D eigenvalue weighted by Gasteiger charge is -2.12. The number of hydrogen-bond donors (Lipinski definition) is 0. The number of rotatable bonds is 7. The summed E-state index contributed by atoms with van der Waals surface area (Å²) in [6.07, 6.45) is 1.26. The first-order valence-electron chi connectivity index (χ1n) is 9.03. The molecule has 3 aromatic rings. The van der Waals surface area contributed by atoms with E-state index in [1.165, 1.54) is 6.20 Å². The first-order valence-corrected chi connectivity index (χ1v) is 9.03. The van der Waals surface area contributed by atoms with Crippen LogP contribution in [0.25, 0.3) is 11.3 Å². The third kappa shape index (κ3) is 3.66. The van der Waals surface area contributed by atoms with Crippen LogP contribution >= 0.6 is 0 Å². The number of ether oxygens (including phenoxy) is 1. The second kappa shape index (κ2) is 8.08. The fourth-order valence-corrected chi connectivity index (χ4v) is 3.28. The minimum atomic E-state index is -0.440. The predicted octanol–water partition coefficient (Wildman–Crippen LogP) is 3.75. The average molecular weight is 382 g/mol. The van der Waals surface area contributed by atoms with Crippen molar-refractivity contribution in [1.29, 1.82) is 0 Å². The Kier molecular flexibility index (Phi) is 5.58. The smallest absolute Gasteiger partial charge is 0.342 e. The summed E-state index contributed by atoms with van der Waals surface area (Å²) in [5.74, 6) is 0.151. The number of hydrogen-bond acceptors (Lipinski definition) is 5. The number of carbonyl (C=O) groups excluding carboxylic acids is 1. The molecule has 0 spiro atoms. The Labute approximate surface area is 162 Å². The summed E-state index contributed by atoms with van der Waals surface area (Å²) in [4.78, 5) is 27.2. The molecule has 0 saturated heterocycles. The molecule has 0 saturated carbocycles. The predicted molar refractivity (Wildman–Crippen MR) is 104 cm³/mol. The molecule has 1 aromatic carbocycles. The zero-order valence-electron chi connectivity index (χ0n) is 16.1. The van der Waals surface area contributed by atoms with Gasteiger partial charge in [-0.3, -0.25) is 0 Å². The normalized spacial score (nSPS) is 10.8. The number of aryl methyl sites for hydroxylation is 1. The molecule has 0 aliphatic heterocycles. The zero-order chi connectivity index (χ0) is 20.3. The van der Waals surface area contributed by atoms with E-state index >= 15 is 0 Å². The number of aromatic nitrogens is 3. The second-order valence-electron chi connectivity index (χ2n) is 6.34. The Balaban J connectivity index is 2.01. The van der Waals surface area contributed by atoms with E-state index in [0.29, 0.717) is 31.1 Å². The number of imidazole rings is 1. The van der Waals surface area contributed by atoms with Crippen LogP contribution in [0.2, 0.25) is 0 Å². The van der Waals surface area contributed by atoms with E-state index < -0.39 is 4.92 Å². The third-order valence-corrected chi connectivity index (χ3v) is 4.70. The van der Waals surface area contributed by atoms with Gasteiger partial charge >= 0.3 is 11.8 Å². The highest BCUT2D eigenvalue weighted by Crippen LogP contribution is 2.27. The maximum Gasteiger partial charge on any atom is 0.342 e. The van der Waals surface area contributed by atoms with Gasteiger partial charge in [0, 0.05) is 18.3 Å². The van der Waals surface area contributed by atoms with Crippen LogP contribution in [0.4, 0.5) is 5.82 Å². The van der Waals surface area contributed by atoms with Crippen molar-refractivity contribution in [2.75, 3.05) is 6.61 Å². The van der Waals surface area contributed by atoms with Gasteiger partial charge in [-0.05, 0) is 30.4 Å². The average Bonchev–Trinajstić information content (AvgIpc) is 3.21. The van der Waals surface area contributed by atoms with Crippen molar-refractivity contribution in [3.05, 3.63) is 69.8 Å². The van der Waals surface area contributed by atoms with Crippen molar-refractivity contribution in [2.24, 2.45) is 0 Å². The topological polar surface area (TPSA) is 92.2 Å². The van der Waals surface area contributed by atoms with Crippen LogP contribution in [0.15, 0.2) is 42.6 Å². The maximum absolute atomic E-state index is 12.4. The molecule has 2 heterocycles. The van der Waals surface area contributed by atoms with Crippen molar-refractivity contribution in [2.45, 2.75) is 33.9 Å². The number of carbonyl (C=O) groups is 1. The standard InChI is InChI=1S/C20H22N4O4/c1-4-28-20(25)17-12-18(16-8-6-5-7-9-16)22(14(17)2)10-11-23-15(3)21-13-19(23)24(26)27/h5-9,12-13H,4,10-11H2,1-3H3. The molecule has 0 fully saturated rings. The van der Waals surface area contributed by atoms with Crippen LogP contribution in [-0.4, -0.2) is 31.6 Å². The van der Waals surface area contributed by atoms with Crippen molar-refractivity contribution in [1.82, 2.24) is 14.1 Å². The van der Waals surface area contributed by atoms with E-state index in [1.54, 1.807) is 18.4 Å². The van der Waals surface area contributed by atoms with E-state index in [-0.39, 0.29) is 11.8 Å². The number of nitro groups is 1. The van der Waals surface area contributed by atoms with Gasteiger partial charge in [-0.2, -0.15) is 0 Å². The van der Waals surface area contributed by atoms with Gasteiger partial charge in [-0.25, -0.2) is 14.3 Å². The minimum Gasteiger partial charge on any atom is -0.462 e. The quantitative estimate of drug-likeness (QED) is 0.352. The molecule has 0 bridgehead atoms. The SMILES string of the molecule is CCOC(=O)c1cc(-c2ccccc2)n(CCn2c([N+](=O)[O-])cnc2C)c1C. The molecule has 0 atom stereocenters. The lowest BCUT2D eigenvalue weighted by atomic mass is 10.1. The van der Waals surface area contributed by atoms with Crippen molar-refractivity contribution in [3.63, 3.8) is 0 Å². The van der Waals surface area contributed by atoms with E-state index in [9.17, 15) is 14.9 Å². The van der Waals surface area contributed by atoms with Crippen LogP contribution in [-0.2, 0) is 17.8 Å². The van der Waals surface area contributed by atoms with Gasteiger partial charge < -0.3 is 19.4 Å². The van der Waals surface area contributed by atoms with Gasteiger partial charge in [0.25, 0.3) is 0 Å².